The number of hydrogen-bond acceptors (Lipinski definition) is 4. The van der Waals surface area contributed by atoms with Gasteiger partial charge in [0.2, 0.25) is 5.91 Å². The SMILES string of the molecule is CC(C)c1csc(NC(=O)[C@H]2CCN[C@@H](C)C2)n1.Cl. The molecule has 0 radical (unpaired) electrons. The Morgan fingerprint density at radius 2 is 2.32 bits per heavy atom. The first-order valence-corrected chi connectivity index (χ1v) is 7.44. The number of anilines is 1. The molecule has 0 bridgehead atoms. The molecule has 1 aromatic rings. The highest BCUT2D eigenvalue weighted by Crippen LogP contribution is 2.23. The van der Waals surface area contributed by atoms with Crippen LogP contribution in [0.5, 0.6) is 0 Å². The van der Waals surface area contributed by atoms with Gasteiger partial charge in [-0.1, -0.05) is 13.8 Å². The number of amides is 1. The molecule has 0 aromatic carbocycles. The average molecular weight is 304 g/mol. The maximum Gasteiger partial charge on any atom is 0.229 e. The van der Waals surface area contributed by atoms with E-state index in [-0.39, 0.29) is 24.2 Å². The number of nitrogens with one attached hydrogen (secondary N) is 2. The molecular formula is C13H22ClN3OS. The second kappa shape index (κ2) is 7.22. The minimum Gasteiger partial charge on any atom is -0.314 e. The van der Waals surface area contributed by atoms with Crippen molar-refractivity contribution >= 4 is 34.8 Å². The maximum absolute atomic E-state index is 12.1. The number of nitrogens with zero attached hydrogens (tertiary/aromatic N) is 1. The summed E-state index contributed by atoms with van der Waals surface area (Å²) in [6, 6.07) is 0.428. The molecule has 1 fully saturated rings. The molecule has 1 aliphatic rings. The normalized spacial score (nSPS) is 22.9. The molecule has 108 valence electrons. The maximum atomic E-state index is 12.1. The standard InChI is InChI=1S/C13H21N3OS.ClH/c1-8(2)11-7-18-13(15-11)16-12(17)10-4-5-14-9(3)6-10;/h7-10,14H,4-6H2,1-3H3,(H,15,16,17);1H/t9-,10-;/m0./s1. The van der Waals surface area contributed by atoms with E-state index in [0.29, 0.717) is 12.0 Å². The smallest absolute Gasteiger partial charge is 0.229 e. The number of halogens is 1. The lowest BCUT2D eigenvalue weighted by Gasteiger charge is -2.26. The Morgan fingerprint density at radius 1 is 1.58 bits per heavy atom. The van der Waals surface area contributed by atoms with E-state index in [2.05, 4.69) is 36.4 Å². The van der Waals surface area contributed by atoms with Crippen LogP contribution < -0.4 is 10.6 Å². The van der Waals surface area contributed by atoms with Crippen LogP contribution in [0.4, 0.5) is 5.13 Å². The Labute approximate surface area is 124 Å². The number of rotatable bonds is 3. The van der Waals surface area contributed by atoms with Crippen LogP contribution >= 0.6 is 23.7 Å². The van der Waals surface area contributed by atoms with Gasteiger partial charge in [0.1, 0.15) is 0 Å². The molecule has 1 saturated heterocycles. The molecule has 0 aliphatic carbocycles. The van der Waals surface area contributed by atoms with Crippen molar-refractivity contribution in [3.8, 4) is 0 Å². The first-order chi connectivity index (χ1) is 8.56. The van der Waals surface area contributed by atoms with Crippen LogP contribution in [0.2, 0.25) is 0 Å². The van der Waals surface area contributed by atoms with Crippen LogP contribution in [-0.2, 0) is 4.79 Å². The third-order valence-electron chi connectivity index (χ3n) is 3.34. The first-order valence-electron chi connectivity index (χ1n) is 6.56. The zero-order valence-corrected chi connectivity index (χ0v) is 13.2. The minimum absolute atomic E-state index is 0. The van der Waals surface area contributed by atoms with Crippen LogP contribution in [0.25, 0.3) is 0 Å². The Hall–Kier alpha value is -0.650. The van der Waals surface area contributed by atoms with E-state index >= 15 is 0 Å². The molecular weight excluding hydrogens is 282 g/mol. The molecule has 0 unspecified atom stereocenters. The molecule has 0 saturated carbocycles. The van der Waals surface area contributed by atoms with Gasteiger partial charge in [-0.2, -0.15) is 0 Å². The van der Waals surface area contributed by atoms with Gasteiger partial charge in [0.25, 0.3) is 0 Å². The predicted octanol–water partition coefficient (Wildman–Crippen LogP) is 3.01. The Bertz CT molecular complexity index is 422. The van der Waals surface area contributed by atoms with Crippen molar-refractivity contribution in [2.45, 2.75) is 45.6 Å². The number of piperidine rings is 1. The summed E-state index contributed by atoms with van der Waals surface area (Å²) in [7, 11) is 0. The van der Waals surface area contributed by atoms with E-state index in [0.717, 1.165) is 30.2 Å². The molecule has 0 spiro atoms. The topological polar surface area (TPSA) is 54.0 Å². The fraction of sp³-hybridized carbons (Fsp3) is 0.692. The second-order valence-corrected chi connectivity index (χ2v) is 6.16. The zero-order chi connectivity index (χ0) is 13.1. The monoisotopic (exact) mass is 303 g/mol. The summed E-state index contributed by atoms with van der Waals surface area (Å²) in [5.74, 6) is 0.645. The molecule has 4 nitrogen and oxygen atoms in total. The molecule has 1 aliphatic heterocycles. The summed E-state index contributed by atoms with van der Waals surface area (Å²) in [6.07, 6.45) is 1.83. The van der Waals surface area contributed by atoms with Gasteiger partial charge in [-0.05, 0) is 32.2 Å². The van der Waals surface area contributed by atoms with Gasteiger partial charge in [-0.15, -0.1) is 23.7 Å². The Balaban J connectivity index is 0.00000180. The highest BCUT2D eigenvalue weighted by Gasteiger charge is 2.25. The highest BCUT2D eigenvalue weighted by molar-refractivity contribution is 7.13. The van der Waals surface area contributed by atoms with Gasteiger partial charge < -0.3 is 10.6 Å². The summed E-state index contributed by atoms with van der Waals surface area (Å²) >= 11 is 1.51. The van der Waals surface area contributed by atoms with E-state index in [4.69, 9.17) is 0 Å². The van der Waals surface area contributed by atoms with Crippen LogP contribution in [0, 0.1) is 5.92 Å². The first kappa shape index (κ1) is 16.4. The van der Waals surface area contributed by atoms with Gasteiger partial charge >= 0.3 is 0 Å². The highest BCUT2D eigenvalue weighted by atomic mass is 35.5. The van der Waals surface area contributed by atoms with Crippen LogP contribution in [0.1, 0.15) is 45.2 Å². The van der Waals surface area contributed by atoms with Crippen molar-refractivity contribution in [2.75, 3.05) is 11.9 Å². The lowest BCUT2D eigenvalue weighted by atomic mass is 9.92. The third-order valence-corrected chi connectivity index (χ3v) is 4.11. The van der Waals surface area contributed by atoms with Crippen molar-refractivity contribution in [1.29, 1.82) is 0 Å². The number of hydrogen-bond donors (Lipinski definition) is 2. The summed E-state index contributed by atoms with van der Waals surface area (Å²) in [5, 5.41) is 9.06. The van der Waals surface area contributed by atoms with Gasteiger partial charge in [0, 0.05) is 17.3 Å². The lowest BCUT2D eigenvalue weighted by Crippen LogP contribution is -2.40. The number of carbonyl (C=O) groups is 1. The summed E-state index contributed by atoms with van der Waals surface area (Å²) in [5.41, 5.74) is 1.05. The third kappa shape index (κ3) is 4.44. The molecule has 1 amide bonds. The van der Waals surface area contributed by atoms with Gasteiger partial charge in [0.05, 0.1) is 5.69 Å². The fourth-order valence-electron chi connectivity index (χ4n) is 2.19. The van der Waals surface area contributed by atoms with Crippen LogP contribution in [-0.4, -0.2) is 23.5 Å². The average Bonchev–Trinajstić information content (AvgIpc) is 2.77. The van der Waals surface area contributed by atoms with Crippen molar-refractivity contribution in [2.24, 2.45) is 5.92 Å². The molecule has 1 aromatic heterocycles. The number of aromatic nitrogens is 1. The van der Waals surface area contributed by atoms with Gasteiger partial charge in [-0.3, -0.25) is 4.79 Å². The van der Waals surface area contributed by atoms with E-state index < -0.39 is 0 Å². The van der Waals surface area contributed by atoms with Crippen molar-refractivity contribution in [3.63, 3.8) is 0 Å². The molecule has 19 heavy (non-hydrogen) atoms. The largest absolute Gasteiger partial charge is 0.314 e. The van der Waals surface area contributed by atoms with E-state index in [1.807, 2.05) is 5.38 Å². The molecule has 6 heteroatoms. The van der Waals surface area contributed by atoms with Crippen LogP contribution in [0.15, 0.2) is 5.38 Å². The van der Waals surface area contributed by atoms with E-state index in [9.17, 15) is 4.79 Å². The molecule has 2 heterocycles. The summed E-state index contributed by atoms with van der Waals surface area (Å²) in [6.45, 7) is 7.26. The quantitative estimate of drug-likeness (QED) is 0.902. The minimum atomic E-state index is 0. The Morgan fingerprint density at radius 3 is 2.89 bits per heavy atom. The predicted molar refractivity (Wildman–Crippen MR) is 82.3 cm³/mol. The van der Waals surface area contributed by atoms with Crippen LogP contribution in [0.3, 0.4) is 0 Å². The van der Waals surface area contributed by atoms with E-state index in [1.165, 1.54) is 11.3 Å². The lowest BCUT2D eigenvalue weighted by molar-refractivity contribution is -0.120. The zero-order valence-electron chi connectivity index (χ0n) is 11.6. The van der Waals surface area contributed by atoms with E-state index in [1.54, 1.807) is 0 Å². The van der Waals surface area contributed by atoms with Crippen molar-refractivity contribution in [1.82, 2.24) is 10.3 Å². The number of thiazole rings is 1. The van der Waals surface area contributed by atoms with Gasteiger partial charge in [0.15, 0.2) is 5.13 Å². The molecule has 2 atom stereocenters. The summed E-state index contributed by atoms with van der Waals surface area (Å²) < 4.78 is 0. The number of carbonyl (C=O) groups excluding carboxylic acids is 1. The molecule has 2 rings (SSSR count). The molecule has 2 N–H and O–H groups in total. The fourth-order valence-corrected chi connectivity index (χ4v) is 3.06. The van der Waals surface area contributed by atoms with Crippen molar-refractivity contribution < 1.29 is 4.79 Å². The van der Waals surface area contributed by atoms with Gasteiger partial charge in [-0.25, -0.2) is 4.98 Å². The summed E-state index contributed by atoms with van der Waals surface area (Å²) in [4.78, 5) is 16.6. The second-order valence-electron chi connectivity index (χ2n) is 5.30. The van der Waals surface area contributed by atoms with Crippen molar-refractivity contribution in [3.05, 3.63) is 11.1 Å². The Kier molecular flexibility index (Phi) is 6.23.